The highest BCUT2D eigenvalue weighted by molar-refractivity contribution is 5.89. The fourth-order valence-electron chi connectivity index (χ4n) is 1.24. The Morgan fingerprint density at radius 1 is 1.44 bits per heavy atom. The minimum atomic E-state index is -0.318. The molecule has 0 aromatic heterocycles. The molecule has 0 aromatic rings. The zero-order chi connectivity index (χ0) is 12.4. The molecule has 0 spiro atoms. The summed E-state index contributed by atoms with van der Waals surface area (Å²) < 4.78 is 4.95. The number of esters is 1. The van der Waals surface area contributed by atoms with Gasteiger partial charge in [-0.15, -0.1) is 12.3 Å². The van der Waals surface area contributed by atoms with Crippen molar-refractivity contribution in [2.45, 2.75) is 40.0 Å². The Morgan fingerprint density at radius 2 is 2.12 bits per heavy atom. The van der Waals surface area contributed by atoms with E-state index < -0.39 is 0 Å². The van der Waals surface area contributed by atoms with Crippen LogP contribution in [0.5, 0.6) is 0 Å². The highest BCUT2D eigenvalue weighted by Crippen LogP contribution is 2.08. The van der Waals surface area contributed by atoms with Gasteiger partial charge in [-0.25, -0.2) is 4.79 Å². The van der Waals surface area contributed by atoms with Gasteiger partial charge in [0.1, 0.15) is 0 Å². The molecule has 0 saturated carbocycles. The monoisotopic (exact) mass is 223 g/mol. The summed E-state index contributed by atoms with van der Waals surface area (Å²) in [4.78, 5) is 11.6. The molecule has 0 heterocycles. The average molecular weight is 223 g/mol. The van der Waals surface area contributed by atoms with E-state index in [4.69, 9.17) is 11.2 Å². The number of allylic oxidation sites excluding steroid dienone is 1. The third-order valence-corrected chi connectivity index (χ3v) is 2.17. The molecule has 0 unspecified atom stereocenters. The Bertz CT molecular complexity index is 287. The van der Waals surface area contributed by atoms with Crippen molar-refractivity contribution in [2.75, 3.05) is 13.2 Å². The Morgan fingerprint density at radius 3 is 2.62 bits per heavy atom. The summed E-state index contributed by atoms with van der Waals surface area (Å²) in [5.41, 5.74) is 1.38. The van der Waals surface area contributed by atoms with E-state index in [0.29, 0.717) is 18.6 Å². The topological polar surface area (TPSA) is 38.3 Å². The number of ether oxygens (including phenoxy) is 1. The van der Waals surface area contributed by atoms with E-state index in [9.17, 15) is 4.79 Å². The zero-order valence-electron chi connectivity index (χ0n) is 10.4. The third kappa shape index (κ3) is 5.45. The van der Waals surface area contributed by atoms with Crippen molar-refractivity contribution in [3.05, 3.63) is 11.3 Å². The van der Waals surface area contributed by atoms with Crippen LogP contribution in [0.2, 0.25) is 0 Å². The average Bonchev–Trinajstić information content (AvgIpc) is 2.26. The van der Waals surface area contributed by atoms with Gasteiger partial charge in [0.15, 0.2) is 0 Å². The van der Waals surface area contributed by atoms with E-state index in [-0.39, 0.29) is 5.97 Å². The van der Waals surface area contributed by atoms with Crippen LogP contribution in [0.15, 0.2) is 11.3 Å². The van der Waals surface area contributed by atoms with Crippen LogP contribution in [-0.2, 0) is 9.53 Å². The molecule has 1 N–H and O–H groups in total. The number of hydrogen-bond donors (Lipinski definition) is 1. The van der Waals surface area contributed by atoms with Crippen LogP contribution in [-0.4, -0.2) is 19.1 Å². The standard InChI is InChI=1S/C13H21NO2/c1-5-8-10-14-11(4)12(9-6-2)13(15)16-7-3/h2,14H,5,7-10H2,1,3-4H3/b12-11-. The minimum absolute atomic E-state index is 0.309. The van der Waals surface area contributed by atoms with E-state index >= 15 is 0 Å². The molecular formula is C13H21NO2. The van der Waals surface area contributed by atoms with E-state index in [1.165, 1.54) is 0 Å². The number of hydrogen-bond acceptors (Lipinski definition) is 3. The second-order valence-corrected chi connectivity index (χ2v) is 3.49. The van der Waals surface area contributed by atoms with Gasteiger partial charge in [0.25, 0.3) is 0 Å². The summed E-state index contributed by atoms with van der Waals surface area (Å²) in [5, 5.41) is 3.19. The quantitative estimate of drug-likeness (QED) is 0.311. The maximum atomic E-state index is 11.6. The van der Waals surface area contributed by atoms with Crippen molar-refractivity contribution >= 4 is 5.97 Å². The molecule has 0 saturated heterocycles. The van der Waals surface area contributed by atoms with Crippen LogP contribution in [0.4, 0.5) is 0 Å². The summed E-state index contributed by atoms with van der Waals surface area (Å²) in [6, 6.07) is 0. The molecule has 0 atom stereocenters. The van der Waals surface area contributed by atoms with Gasteiger partial charge in [-0.05, 0) is 20.3 Å². The lowest BCUT2D eigenvalue weighted by molar-refractivity contribution is -0.138. The molecule has 0 aliphatic carbocycles. The first-order chi connectivity index (χ1) is 7.67. The fraction of sp³-hybridized carbons (Fsp3) is 0.615. The molecule has 3 heteroatoms. The van der Waals surface area contributed by atoms with Gasteiger partial charge in [0.2, 0.25) is 0 Å². The maximum Gasteiger partial charge on any atom is 0.336 e. The zero-order valence-corrected chi connectivity index (χ0v) is 10.4. The first-order valence-electron chi connectivity index (χ1n) is 5.71. The van der Waals surface area contributed by atoms with Gasteiger partial charge >= 0.3 is 5.97 Å². The van der Waals surface area contributed by atoms with Crippen LogP contribution in [0, 0.1) is 12.3 Å². The van der Waals surface area contributed by atoms with Crippen LogP contribution in [0.25, 0.3) is 0 Å². The predicted octanol–water partition coefficient (Wildman–Crippen LogP) is 2.24. The molecule has 3 nitrogen and oxygen atoms in total. The lowest BCUT2D eigenvalue weighted by Crippen LogP contribution is -2.19. The number of unbranched alkanes of at least 4 members (excludes halogenated alkanes) is 1. The third-order valence-electron chi connectivity index (χ3n) is 2.17. The van der Waals surface area contributed by atoms with Crippen LogP contribution in [0.3, 0.4) is 0 Å². The normalized spacial score (nSPS) is 11.4. The van der Waals surface area contributed by atoms with E-state index in [2.05, 4.69) is 18.2 Å². The van der Waals surface area contributed by atoms with Crippen molar-refractivity contribution in [1.29, 1.82) is 0 Å². The molecule has 0 amide bonds. The summed E-state index contributed by atoms with van der Waals surface area (Å²) in [5.74, 6) is 2.16. The highest BCUT2D eigenvalue weighted by atomic mass is 16.5. The highest BCUT2D eigenvalue weighted by Gasteiger charge is 2.12. The summed E-state index contributed by atoms with van der Waals surface area (Å²) in [6.07, 6.45) is 7.73. The molecule has 0 aliphatic rings. The smallest absolute Gasteiger partial charge is 0.336 e. The van der Waals surface area contributed by atoms with Crippen molar-refractivity contribution in [3.63, 3.8) is 0 Å². The number of rotatable bonds is 7. The largest absolute Gasteiger partial charge is 0.463 e. The van der Waals surface area contributed by atoms with Crippen LogP contribution < -0.4 is 5.32 Å². The Hall–Kier alpha value is -1.43. The summed E-state index contributed by atoms with van der Waals surface area (Å²) in [6.45, 7) is 6.99. The molecule has 0 aromatic carbocycles. The van der Waals surface area contributed by atoms with Crippen molar-refractivity contribution in [1.82, 2.24) is 5.32 Å². The first-order valence-corrected chi connectivity index (χ1v) is 5.71. The molecule has 90 valence electrons. The predicted molar refractivity (Wildman–Crippen MR) is 65.7 cm³/mol. The molecule has 0 bridgehead atoms. The van der Waals surface area contributed by atoms with E-state index in [0.717, 1.165) is 25.1 Å². The summed E-state index contributed by atoms with van der Waals surface area (Å²) in [7, 11) is 0. The van der Waals surface area contributed by atoms with Crippen LogP contribution in [0.1, 0.15) is 40.0 Å². The molecule has 16 heavy (non-hydrogen) atoms. The van der Waals surface area contributed by atoms with Gasteiger partial charge in [-0.3, -0.25) is 0 Å². The molecular weight excluding hydrogens is 202 g/mol. The number of terminal acetylenes is 1. The Labute approximate surface area is 98.3 Å². The van der Waals surface area contributed by atoms with Crippen LogP contribution >= 0.6 is 0 Å². The second kappa shape index (κ2) is 8.84. The van der Waals surface area contributed by atoms with Crippen molar-refractivity contribution in [3.8, 4) is 12.3 Å². The lowest BCUT2D eigenvalue weighted by Gasteiger charge is -2.11. The fourth-order valence-corrected chi connectivity index (χ4v) is 1.24. The molecule has 0 fully saturated rings. The maximum absolute atomic E-state index is 11.6. The second-order valence-electron chi connectivity index (χ2n) is 3.49. The van der Waals surface area contributed by atoms with Crippen molar-refractivity contribution < 1.29 is 9.53 Å². The first kappa shape index (κ1) is 14.6. The van der Waals surface area contributed by atoms with Gasteiger partial charge in [-0.1, -0.05) is 13.3 Å². The van der Waals surface area contributed by atoms with Gasteiger partial charge < -0.3 is 10.1 Å². The number of carbonyl (C=O) groups excluding carboxylic acids is 1. The Kier molecular flexibility index (Phi) is 8.05. The SMILES string of the molecule is C#CC/C(C(=O)OCC)=C(\C)NCCCC. The number of carbonyl (C=O) groups is 1. The van der Waals surface area contributed by atoms with Gasteiger partial charge in [-0.2, -0.15) is 0 Å². The number of nitrogens with one attached hydrogen (secondary N) is 1. The van der Waals surface area contributed by atoms with Crippen molar-refractivity contribution in [2.24, 2.45) is 0 Å². The van der Waals surface area contributed by atoms with Gasteiger partial charge in [0.05, 0.1) is 12.2 Å². The van der Waals surface area contributed by atoms with E-state index in [1.54, 1.807) is 6.92 Å². The van der Waals surface area contributed by atoms with E-state index in [1.807, 2.05) is 6.92 Å². The minimum Gasteiger partial charge on any atom is -0.463 e. The summed E-state index contributed by atoms with van der Waals surface area (Å²) >= 11 is 0. The molecule has 0 rings (SSSR count). The Balaban J connectivity index is 4.52. The lowest BCUT2D eigenvalue weighted by atomic mass is 10.1. The van der Waals surface area contributed by atoms with Gasteiger partial charge in [0, 0.05) is 18.7 Å². The molecule has 0 radical (unpaired) electrons. The molecule has 0 aliphatic heterocycles.